The highest BCUT2D eigenvalue weighted by Gasteiger charge is 2.32. The first-order valence-corrected chi connectivity index (χ1v) is 6.48. The Morgan fingerprint density at radius 1 is 1.09 bits per heavy atom. The number of halogens is 3. The number of rotatable bonds is 5. The number of oxime groups is 1. The van der Waals surface area contributed by atoms with Gasteiger partial charge in [0.25, 0.3) is 0 Å². The lowest BCUT2D eigenvalue weighted by atomic mass is 10.1. The maximum absolute atomic E-state index is 12.3. The topological polar surface area (TPSA) is 54.6 Å². The second-order valence-electron chi connectivity index (χ2n) is 4.36. The molecule has 4 nitrogen and oxygen atoms in total. The minimum atomic E-state index is -4.77. The number of ether oxygens (including phenoxy) is 1. The van der Waals surface area contributed by atoms with E-state index in [4.69, 9.17) is 10.1 Å². The molecule has 118 valence electrons. The van der Waals surface area contributed by atoms with Crippen LogP contribution < -0.4 is 4.74 Å². The largest absolute Gasteiger partial charge is 0.573 e. The third-order valence-electron chi connectivity index (χ3n) is 2.77. The lowest BCUT2D eigenvalue weighted by Gasteiger charge is -2.12. The van der Waals surface area contributed by atoms with Gasteiger partial charge in [0.2, 0.25) is 0 Å². The second-order valence-corrected chi connectivity index (χ2v) is 4.36. The van der Waals surface area contributed by atoms with Crippen LogP contribution in [-0.2, 0) is 11.4 Å². The van der Waals surface area contributed by atoms with Gasteiger partial charge in [-0.1, -0.05) is 41.6 Å². The fourth-order valence-electron chi connectivity index (χ4n) is 1.76. The maximum atomic E-state index is 12.3. The quantitative estimate of drug-likeness (QED) is 0.618. The molecule has 0 bridgehead atoms. The van der Waals surface area contributed by atoms with E-state index in [-0.39, 0.29) is 17.9 Å². The van der Waals surface area contributed by atoms with Crippen molar-refractivity contribution < 1.29 is 22.7 Å². The van der Waals surface area contributed by atoms with Crippen LogP contribution in [0.3, 0.4) is 0 Å². The third kappa shape index (κ3) is 5.04. The average molecular weight is 320 g/mol. The molecule has 7 heteroatoms. The second kappa shape index (κ2) is 7.31. The van der Waals surface area contributed by atoms with Gasteiger partial charge in [-0.25, -0.2) is 0 Å². The van der Waals surface area contributed by atoms with E-state index < -0.39 is 6.36 Å². The van der Waals surface area contributed by atoms with Crippen LogP contribution in [0, 0.1) is 11.3 Å². The van der Waals surface area contributed by atoms with Gasteiger partial charge in [0.05, 0.1) is 17.8 Å². The van der Waals surface area contributed by atoms with Gasteiger partial charge in [-0.05, 0) is 12.1 Å². The van der Waals surface area contributed by atoms with E-state index in [0.29, 0.717) is 11.1 Å². The Bertz CT molecular complexity index is 737. The van der Waals surface area contributed by atoms with Crippen molar-refractivity contribution in [3.63, 3.8) is 0 Å². The van der Waals surface area contributed by atoms with Crippen LogP contribution >= 0.6 is 0 Å². The van der Waals surface area contributed by atoms with Gasteiger partial charge >= 0.3 is 6.36 Å². The Hall–Kier alpha value is -3.01. The monoisotopic (exact) mass is 320 g/mol. The Labute approximate surface area is 130 Å². The van der Waals surface area contributed by atoms with Crippen LogP contribution in [0.15, 0.2) is 53.7 Å². The number of para-hydroxylation sites is 1. The zero-order valence-corrected chi connectivity index (χ0v) is 11.7. The first kappa shape index (κ1) is 16.4. The smallest absolute Gasteiger partial charge is 0.405 e. The number of hydrogen-bond acceptors (Lipinski definition) is 4. The van der Waals surface area contributed by atoms with Gasteiger partial charge in [-0.3, -0.25) is 0 Å². The summed E-state index contributed by atoms with van der Waals surface area (Å²) in [5.74, 6) is -0.340. The van der Waals surface area contributed by atoms with Crippen molar-refractivity contribution in [2.45, 2.75) is 13.0 Å². The predicted octanol–water partition coefficient (Wildman–Crippen LogP) is 4.01. The van der Waals surface area contributed by atoms with Gasteiger partial charge in [-0.15, -0.1) is 13.2 Å². The number of nitrogens with zero attached hydrogens (tertiary/aromatic N) is 2. The van der Waals surface area contributed by atoms with Crippen LogP contribution in [0.1, 0.15) is 16.7 Å². The van der Waals surface area contributed by atoms with Gasteiger partial charge in [0.15, 0.2) is 0 Å². The average Bonchev–Trinajstić information content (AvgIpc) is 2.52. The SMILES string of the molecule is N#Cc1ccccc1C=NOCc1ccccc1OC(F)(F)F. The highest BCUT2D eigenvalue weighted by molar-refractivity contribution is 5.82. The summed E-state index contributed by atoms with van der Waals surface area (Å²) in [6, 6.07) is 14.4. The van der Waals surface area contributed by atoms with Crippen molar-refractivity contribution in [2.75, 3.05) is 0 Å². The summed E-state index contributed by atoms with van der Waals surface area (Å²) in [6.45, 7) is -0.197. The highest BCUT2D eigenvalue weighted by Crippen LogP contribution is 2.26. The predicted molar refractivity (Wildman–Crippen MR) is 76.7 cm³/mol. The molecule has 0 saturated heterocycles. The summed E-state index contributed by atoms with van der Waals surface area (Å²) < 4.78 is 40.8. The number of alkyl halides is 3. The molecule has 2 aromatic carbocycles. The molecule has 0 saturated carbocycles. The molecule has 0 aliphatic rings. The zero-order valence-electron chi connectivity index (χ0n) is 11.7. The molecule has 0 N–H and O–H groups in total. The highest BCUT2D eigenvalue weighted by atomic mass is 19.4. The summed E-state index contributed by atoms with van der Waals surface area (Å²) in [4.78, 5) is 4.99. The van der Waals surface area contributed by atoms with Crippen molar-refractivity contribution in [2.24, 2.45) is 5.16 Å². The first-order chi connectivity index (χ1) is 11.0. The van der Waals surface area contributed by atoms with E-state index in [1.54, 1.807) is 30.3 Å². The molecular weight excluding hydrogens is 309 g/mol. The molecule has 0 spiro atoms. The van der Waals surface area contributed by atoms with Crippen molar-refractivity contribution in [1.29, 1.82) is 5.26 Å². The Morgan fingerprint density at radius 3 is 2.52 bits per heavy atom. The number of nitriles is 1. The van der Waals surface area contributed by atoms with E-state index in [0.717, 1.165) is 0 Å². The summed E-state index contributed by atoms with van der Waals surface area (Å²) in [5, 5.41) is 12.6. The number of benzene rings is 2. The van der Waals surface area contributed by atoms with E-state index in [1.165, 1.54) is 24.4 Å². The molecule has 0 aliphatic heterocycles. The van der Waals surface area contributed by atoms with E-state index in [1.807, 2.05) is 6.07 Å². The van der Waals surface area contributed by atoms with E-state index in [2.05, 4.69) is 9.89 Å². The molecule has 0 amide bonds. The van der Waals surface area contributed by atoms with Crippen LogP contribution in [0.2, 0.25) is 0 Å². The van der Waals surface area contributed by atoms with Crippen LogP contribution in [-0.4, -0.2) is 12.6 Å². The molecule has 2 rings (SSSR count). The maximum Gasteiger partial charge on any atom is 0.573 e. The third-order valence-corrected chi connectivity index (χ3v) is 2.77. The Balaban J connectivity index is 2.02. The van der Waals surface area contributed by atoms with E-state index >= 15 is 0 Å². The standard InChI is InChI=1S/C16H11F3N2O2/c17-16(18,19)23-15-8-4-3-7-14(15)11-22-21-10-13-6-2-1-5-12(13)9-20/h1-8,10H,11H2. The minimum Gasteiger partial charge on any atom is -0.405 e. The molecule has 0 unspecified atom stereocenters. The van der Waals surface area contributed by atoms with Gasteiger partial charge < -0.3 is 9.57 Å². The van der Waals surface area contributed by atoms with Gasteiger partial charge in [0, 0.05) is 11.1 Å². The van der Waals surface area contributed by atoms with Gasteiger partial charge in [0.1, 0.15) is 12.4 Å². The van der Waals surface area contributed by atoms with Gasteiger partial charge in [-0.2, -0.15) is 5.26 Å². The molecule has 0 aliphatic carbocycles. The minimum absolute atomic E-state index is 0.197. The molecular formula is C16H11F3N2O2. The number of hydrogen-bond donors (Lipinski definition) is 0. The van der Waals surface area contributed by atoms with Crippen LogP contribution in [0.4, 0.5) is 13.2 Å². The molecule has 0 fully saturated rings. The van der Waals surface area contributed by atoms with Crippen molar-refractivity contribution in [3.8, 4) is 11.8 Å². The Morgan fingerprint density at radius 2 is 1.78 bits per heavy atom. The summed E-state index contributed by atoms with van der Waals surface area (Å²) >= 11 is 0. The first-order valence-electron chi connectivity index (χ1n) is 6.48. The fourth-order valence-corrected chi connectivity index (χ4v) is 1.76. The summed E-state index contributed by atoms with van der Waals surface area (Å²) in [5.41, 5.74) is 1.17. The van der Waals surface area contributed by atoms with Crippen LogP contribution in [0.5, 0.6) is 5.75 Å². The molecule has 0 atom stereocenters. The molecule has 0 radical (unpaired) electrons. The summed E-state index contributed by atoms with van der Waals surface area (Å²) in [6.07, 6.45) is -3.45. The lowest BCUT2D eigenvalue weighted by Crippen LogP contribution is -2.18. The summed E-state index contributed by atoms with van der Waals surface area (Å²) in [7, 11) is 0. The van der Waals surface area contributed by atoms with Crippen LogP contribution in [0.25, 0.3) is 0 Å². The molecule has 2 aromatic rings. The fraction of sp³-hybridized carbons (Fsp3) is 0.125. The normalized spacial score (nSPS) is 11.2. The van der Waals surface area contributed by atoms with Crippen molar-refractivity contribution >= 4 is 6.21 Å². The lowest BCUT2D eigenvalue weighted by molar-refractivity contribution is -0.275. The zero-order chi connectivity index (χ0) is 16.7. The van der Waals surface area contributed by atoms with Crippen molar-refractivity contribution in [1.82, 2.24) is 0 Å². The molecule has 23 heavy (non-hydrogen) atoms. The van der Waals surface area contributed by atoms with E-state index in [9.17, 15) is 13.2 Å². The molecule has 0 aromatic heterocycles. The Kier molecular flexibility index (Phi) is 5.20. The molecule has 0 heterocycles. The van der Waals surface area contributed by atoms with Crippen molar-refractivity contribution in [3.05, 3.63) is 65.2 Å².